The minimum absolute atomic E-state index is 0.0599. The van der Waals surface area contributed by atoms with E-state index < -0.39 is 0 Å². The van der Waals surface area contributed by atoms with Gasteiger partial charge in [0.1, 0.15) is 0 Å². The Morgan fingerprint density at radius 2 is 1.73 bits per heavy atom. The molecule has 0 aliphatic carbocycles. The molecular formula is C21H24O. The van der Waals surface area contributed by atoms with Crippen LogP contribution in [0.15, 0.2) is 54.6 Å². The van der Waals surface area contributed by atoms with Crippen LogP contribution < -0.4 is 0 Å². The highest BCUT2D eigenvalue weighted by Gasteiger charge is 2.15. The molecule has 1 heteroatoms. The molecule has 0 saturated heterocycles. The number of rotatable bonds is 4. The zero-order valence-electron chi connectivity index (χ0n) is 13.9. The lowest BCUT2D eigenvalue weighted by atomic mass is 9.85. The number of Topliss-reactive ketones (excluding diaryl/α,β-unsaturated/α-hetero) is 1. The van der Waals surface area contributed by atoms with Crippen molar-refractivity contribution >= 4 is 11.9 Å². The molecule has 0 heterocycles. The van der Waals surface area contributed by atoms with Gasteiger partial charge in [0.05, 0.1) is 0 Å². The first-order valence-electron chi connectivity index (χ1n) is 7.75. The van der Waals surface area contributed by atoms with Gasteiger partial charge in [-0.2, -0.15) is 0 Å². The van der Waals surface area contributed by atoms with Crippen molar-refractivity contribution in [2.45, 2.75) is 39.5 Å². The summed E-state index contributed by atoms with van der Waals surface area (Å²) >= 11 is 0. The predicted molar refractivity (Wildman–Crippen MR) is 94.3 cm³/mol. The number of hydrogen-bond acceptors (Lipinski definition) is 1. The first-order valence-corrected chi connectivity index (χ1v) is 7.75. The number of hydrogen-bond donors (Lipinski definition) is 0. The molecule has 2 aromatic rings. The van der Waals surface area contributed by atoms with Crippen molar-refractivity contribution in [3.63, 3.8) is 0 Å². The lowest BCUT2D eigenvalue weighted by Gasteiger charge is -2.19. The number of allylic oxidation sites excluding steroid dienone is 1. The summed E-state index contributed by atoms with van der Waals surface area (Å²) < 4.78 is 0. The third kappa shape index (κ3) is 4.17. The van der Waals surface area contributed by atoms with E-state index in [0.717, 1.165) is 16.7 Å². The molecule has 0 saturated carbocycles. The van der Waals surface area contributed by atoms with E-state index >= 15 is 0 Å². The van der Waals surface area contributed by atoms with Crippen molar-refractivity contribution in [2.75, 3.05) is 0 Å². The number of ketones is 1. The highest BCUT2D eigenvalue weighted by molar-refractivity contribution is 5.97. The van der Waals surface area contributed by atoms with Gasteiger partial charge in [-0.3, -0.25) is 4.79 Å². The van der Waals surface area contributed by atoms with Gasteiger partial charge in [-0.1, -0.05) is 75.4 Å². The molecule has 0 atom stereocenters. The summed E-state index contributed by atoms with van der Waals surface area (Å²) in [5, 5.41) is 0. The molecule has 0 aromatic heterocycles. The summed E-state index contributed by atoms with van der Waals surface area (Å²) in [6.07, 6.45) is 4.51. The van der Waals surface area contributed by atoms with E-state index in [1.165, 1.54) is 5.56 Å². The molecule has 0 spiro atoms. The second-order valence-corrected chi connectivity index (χ2v) is 6.67. The molecule has 0 fully saturated rings. The molecule has 0 bridgehead atoms. The number of carbonyl (C=O) groups excluding carboxylic acids is 1. The molecule has 0 unspecified atom stereocenters. The molecule has 2 aromatic carbocycles. The Morgan fingerprint density at radius 1 is 1.05 bits per heavy atom. The van der Waals surface area contributed by atoms with E-state index in [1.54, 1.807) is 0 Å². The fourth-order valence-corrected chi connectivity index (χ4v) is 2.39. The molecule has 1 nitrogen and oxygen atoms in total. The summed E-state index contributed by atoms with van der Waals surface area (Å²) in [7, 11) is 0. The minimum atomic E-state index is 0.0599. The van der Waals surface area contributed by atoms with E-state index in [4.69, 9.17) is 0 Å². The summed E-state index contributed by atoms with van der Waals surface area (Å²) in [6.45, 7) is 8.49. The summed E-state index contributed by atoms with van der Waals surface area (Å²) in [4.78, 5) is 12.5. The molecular weight excluding hydrogens is 268 g/mol. The highest BCUT2D eigenvalue weighted by Crippen LogP contribution is 2.23. The molecule has 114 valence electrons. The van der Waals surface area contributed by atoms with Crippen LogP contribution >= 0.6 is 0 Å². The Kier molecular flexibility index (Phi) is 4.97. The third-order valence-electron chi connectivity index (χ3n) is 3.75. The van der Waals surface area contributed by atoms with E-state index in [2.05, 4.69) is 32.9 Å². The summed E-state index contributed by atoms with van der Waals surface area (Å²) in [5.41, 5.74) is 4.27. The maximum atomic E-state index is 12.5. The zero-order valence-corrected chi connectivity index (χ0v) is 13.9. The normalized spacial score (nSPS) is 11.8. The van der Waals surface area contributed by atoms with Crippen LogP contribution in [0.5, 0.6) is 0 Å². The first-order chi connectivity index (χ1) is 10.4. The van der Waals surface area contributed by atoms with Gasteiger partial charge in [-0.15, -0.1) is 0 Å². The molecule has 0 amide bonds. The van der Waals surface area contributed by atoms with Crippen LogP contribution in [-0.4, -0.2) is 5.78 Å². The summed E-state index contributed by atoms with van der Waals surface area (Å²) in [5.74, 6) is 0.171. The quantitative estimate of drug-likeness (QED) is 0.685. The van der Waals surface area contributed by atoms with Gasteiger partial charge in [0, 0.05) is 12.0 Å². The van der Waals surface area contributed by atoms with Crippen LogP contribution in [0.3, 0.4) is 0 Å². The fraction of sp³-hybridized carbons (Fsp3) is 0.286. The van der Waals surface area contributed by atoms with Crippen molar-refractivity contribution in [1.29, 1.82) is 0 Å². The molecule has 0 radical (unpaired) electrons. The Hall–Kier alpha value is -2.15. The van der Waals surface area contributed by atoms with Gasteiger partial charge >= 0.3 is 0 Å². The number of carbonyl (C=O) groups is 1. The average Bonchev–Trinajstić information content (AvgIpc) is 2.49. The van der Waals surface area contributed by atoms with Crippen LogP contribution in [0.2, 0.25) is 0 Å². The fourth-order valence-electron chi connectivity index (χ4n) is 2.39. The standard InChI is InChI=1S/C21H24O/c1-5-7-16-10-12-17(13-11-16)14-20(22)18-8-6-9-19(15-18)21(2,3)4/h5-13,15H,14H2,1-4H3/b7-5+. The Morgan fingerprint density at radius 3 is 2.32 bits per heavy atom. The smallest absolute Gasteiger partial charge is 0.167 e. The van der Waals surface area contributed by atoms with Crippen molar-refractivity contribution in [1.82, 2.24) is 0 Å². The van der Waals surface area contributed by atoms with Crippen LogP contribution in [0.1, 0.15) is 54.7 Å². The minimum Gasteiger partial charge on any atom is -0.294 e. The van der Waals surface area contributed by atoms with Crippen LogP contribution in [-0.2, 0) is 11.8 Å². The molecule has 2 rings (SSSR count). The van der Waals surface area contributed by atoms with Crippen LogP contribution in [0, 0.1) is 0 Å². The maximum absolute atomic E-state index is 12.5. The third-order valence-corrected chi connectivity index (χ3v) is 3.75. The monoisotopic (exact) mass is 292 g/mol. The zero-order chi connectivity index (χ0) is 16.2. The van der Waals surface area contributed by atoms with Gasteiger partial charge < -0.3 is 0 Å². The Balaban J connectivity index is 2.15. The van der Waals surface area contributed by atoms with Gasteiger partial charge in [0.25, 0.3) is 0 Å². The van der Waals surface area contributed by atoms with Gasteiger partial charge in [-0.25, -0.2) is 0 Å². The molecule has 0 N–H and O–H groups in total. The number of benzene rings is 2. The van der Waals surface area contributed by atoms with Gasteiger partial charge in [0.2, 0.25) is 0 Å². The van der Waals surface area contributed by atoms with E-state index in [1.807, 2.05) is 55.5 Å². The van der Waals surface area contributed by atoms with Crippen molar-refractivity contribution in [3.05, 3.63) is 76.9 Å². The van der Waals surface area contributed by atoms with E-state index in [9.17, 15) is 4.79 Å². The summed E-state index contributed by atoms with van der Waals surface area (Å²) in [6, 6.07) is 16.2. The van der Waals surface area contributed by atoms with Crippen molar-refractivity contribution in [3.8, 4) is 0 Å². The Bertz CT molecular complexity index is 670. The largest absolute Gasteiger partial charge is 0.294 e. The molecule has 22 heavy (non-hydrogen) atoms. The van der Waals surface area contributed by atoms with E-state index in [-0.39, 0.29) is 11.2 Å². The first kappa shape index (κ1) is 16.2. The lowest BCUT2D eigenvalue weighted by Crippen LogP contribution is -2.12. The second kappa shape index (κ2) is 6.74. The van der Waals surface area contributed by atoms with Crippen molar-refractivity contribution < 1.29 is 4.79 Å². The van der Waals surface area contributed by atoms with Crippen molar-refractivity contribution in [2.24, 2.45) is 0 Å². The maximum Gasteiger partial charge on any atom is 0.167 e. The molecule has 0 aliphatic heterocycles. The average molecular weight is 292 g/mol. The van der Waals surface area contributed by atoms with Crippen LogP contribution in [0.25, 0.3) is 6.08 Å². The van der Waals surface area contributed by atoms with E-state index in [0.29, 0.717) is 6.42 Å². The van der Waals surface area contributed by atoms with Gasteiger partial charge in [-0.05, 0) is 35.1 Å². The SMILES string of the molecule is C/C=C/c1ccc(CC(=O)c2cccc(C(C)(C)C)c2)cc1. The lowest BCUT2D eigenvalue weighted by molar-refractivity contribution is 0.0993. The second-order valence-electron chi connectivity index (χ2n) is 6.67. The van der Waals surface area contributed by atoms with Crippen LogP contribution in [0.4, 0.5) is 0 Å². The van der Waals surface area contributed by atoms with Gasteiger partial charge in [0.15, 0.2) is 5.78 Å². The highest BCUT2D eigenvalue weighted by atomic mass is 16.1. The predicted octanol–water partition coefficient (Wildman–Crippen LogP) is 5.44. The Labute approximate surface area is 133 Å². The topological polar surface area (TPSA) is 17.1 Å². The molecule has 0 aliphatic rings.